The van der Waals surface area contributed by atoms with E-state index in [0.717, 1.165) is 11.1 Å². The second kappa shape index (κ2) is 9.45. The monoisotopic (exact) mass is 320 g/mol. The third kappa shape index (κ3) is 6.05. The predicted octanol–water partition coefficient (Wildman–Crippen LogP) is 5.83. The number of hydrogen-bond acceptors (Lipinski definition) is 3. The van der Waals surface area contributed by atoms with E-state index in [4.69, 9.17) is 9.05 Å². The first-order valence-corrected chi connectivity index (χ1v) is 9.38. The molecule has 120 valence electrons. The summed E-state index contributed by atoms with van der Waals surface area (Å²) in [6, 6.07) is 17.1. The zero-order chi connectivity index (χ0) is 16.4. The summed E-state index contributed by atoms with van der Waals surface area (Å²) in [6.07, 6.45) is 0.273. The van der Waals surface area contributed by atoms with E-state index in [1.807, 2.05) is 82.3 Å². The third-order valence-corrected chi connectivity index (χ3v) is 4.70. The molecule has 0 aliphatic heterocycles. The minimum absolute atomic E-state index is 0.273. The molecule has 0 bridgehead atoms. The van der Waals surface area contributed by atoms with Crippen molar-refractivity contribution in [3.05, 3.63) is 65.7 Å². The van der Waals surface area contributed by atoms with Gasteiger partial charge in [-0.3, -0.25) is 4.52 Å². The zero-order valence-corrected chi connectivity index (χ0v) is 14.7. The molecule has 22 heavy (non-hydrogen) atoms. The molecule has 0 saturated heterocycles. The molecule has 4 heteroatoms. The molecule has 0 N–H and O–H groups in total. The van der Waals surface area contributed by atoms with E-state index in [1.165, 1.54) is 0 Å². The van der Waals surface area contributed by atoms with Gasteiger partial charge in [0, 0.05) is 0 Å². The Balaban J connectivity index is 0.00000116. The molecule has 0 radical (unpaired) electrons. The summed E-state index contributed by atoms with van der Waals surface area (Å²) in [5, 5.41) is 0. The third-order valence-electron chi connectivity index (χ3n) is 2.81. The van der Waals surface area contributed by atoms with Gasteiger partial charge >= 0.3 is 7.60 Å². The average molecular weight is 320 g/mol. The van der Waals surface area contributed by atoms with Crippen LogP contribution >= 0.6 is 7.60 Å². The van der Waals surface area contributed by atoms with Gasteiger partial charge in [0.15, 0.2) is 0 Å². The van der Waals surface area contributed by atoms with Gasteiger partial charge in [-0.1, -0.05) is 61.9 Å². The number of benzene rings is 2. The Morgan fingerprint density at radius 3 is 2.09 bits per heavy atom. The van der Waals surface area contributed by atoms with Crippen LogP contribution in [0.2, 0.25) is 0 Å². The van der Waals surface area contributed by atoms with Crippen molar-refractivity contribution < 1.29 is 13.6 Å². The van der Waals surface area contributed by atoms with Gasteiger partial charge in [-0.25, -0.2) is 4.57 Å². The summed E-state index contributed by atoms with van der Waals surface area (Å²) in [5.74, 6) is 0.573. The molecular weight excluding hydrogens is 295 g/mol. The second-order valence-electron chi connectivity index (χ2n) is 4.58. The molecule has 2 rings (SSSR count). The quantitative estimate of drug-likeness (QED) is 0.628. The molecule has 0 aromatic heterocycles. The molecular formula is C18H25O3P. The fourth-order valence-electron chi connectivity index (χ4n) is 1.87. The molecule has 0 amide bonds. The largest absolute Gasteiger partial charge is 0.424 e. The van der Waals surface area contributed by atoms with E-state index in [-0.39, 0.29) is 6.16 Å². The van der Waals surface area contributed by atoms with Crippen molar-refractivity contribution in [2.75, 3.05) is 6.61 Å². The summed E-state index contributed by atoms with van der Waals surface area (Å²) in [7, 11) is -3.18. The van der Waals surface area contributed by atoms with Crippen LogP contribution in [0.15, 0.2) is 54.6 Å². The predicted molar refractivity (Wildman–Crippen MR) is 92.5 cm³/mol. The van der Waals surface area contributed by atoms with Gasteiger partial charge in [0.05, 0.1) is 12.8 Å². The SMILES string of the molecule is CC.CCOP(=O)(Cc1ccccc1)Oc1ccc(C)cc1. The van der Waals surface area contributed by atoms with Crippen molar-refractivity contribution in [3.8, 4) is 5.75 Å². The van der Waals surface area contributed by atoms with Crippen molar-refractivity contribution in [2.45, 2.75) is 33.9 Å². The molecule has 0 aliphatic rings. The van der Waals surface area contributed by atoms with E-state index in [0.29, 0.717) is 12.4 Å². The molecule has 0 saturated carbocycles. The van der Waals surface area contributed by atoms with Gasteiger partial charge < -0.3 is 4.52 Å². The summed E-state index contributed by atoms with van der Waals surface area (Å²) in [6.45, 7) is 8.17. The second-order valence-corrected chi connectivity index (χ2v) is 6.56. The lowest BCUT2D eigenvalue weighted by atomic mass is 10.2. The van der Waals surface area contributed by atoms with Crippen LogP contribution in [-0.2, 0) is 15.3 Å². The summed E-state index contributed by atoms with van der Waals surface area (Å²) >= 11 is 0. The van der Waals surface area contributed by atoms with Gasteiger partial charge in [0.2, 0.25) is 0 Å². The Labute approximate surface area is 133 Å². The maximum Gasteiger partial charge on any atom is 0.383 e. The highest BCUT2D eigenvalue weighted by molar-refractivity contribution is 7.53. The fourth-order valence-corrected chi connectivity index (χ4v) is 3.57. The molecule has 2 aromatic rings. The lowest BCUT2D eigenvalue weighted by Crippen LogP contribution is -2.01. The highest BCUT2D eigenvalue weighted by atomic mass is 31.2. The van der Waals surface area contributed by atoms with E-state index in [2.05, 4.69) is 0 Å². The first-order valence-electron chi connectivity index (χ1n) is 7.65. The lowest BCUT2D eigenvalue weighted by Gasteiger charge is -2.19. The van der Waals surface area contributed by atoms with Crippen molar-refractivity contribution >= 4 is 7.60 Å². The Hall–Kier alpha value is -1.57. The van der Waals surface area contributed by atoms with Gasteiger partial charge in [-0.2, -0.15) is 0 Å². The normalized spacial score (nSPS) is 12.7. The molecule has 0 spiro atoms. The van der Waals surface area contributed by atoms with Crippen molar-refractivity contribution in [1.29, 1.82) is 0 Å². The Kier molecular flexibility index (Phi) is 7.94. The van der Waals surface area contributed by atoms with Crippen molar-refractivity contribution in [3.63, 3.8) is 0 Å². The molecule has 1 unspecified atom stereocenters. The maximum atomic E-state index is 12.8. The first kappa shape index (κ1) is 18.5. The summed E-state index contributed by atoms with van der Waals surface area (Å²) in [4.78, 5) is 0. The highest BCUT2D eigenvalue weighted by Gasteiger charge is 2.26. The van der Waals surface area contributed by atoms with Crippen LogP contribution in [0, 0.1) is 6.92 Å². The van der Waals surface area contributed by atoms with Crippen LogP contribution in [0.3, 0.4) is 0 Å². The molecule has 0 aliphatic carbocycles. The van der Waals surface area contributed by atoms with Crippen LogP contribution in [-0.4, -0.2) is 6.61 Å². The van der Waals surface area contributed by atoms with Crippen LogP contribution < -0.4 is 4.52 Å². The summed E-state index contributed by atoms with van der Waals surface area (Å²) < 4.78 is 23.8. The molecule has 3 nitrogen and oxygen atoms in total. The zero-order valence-electron chi connectivity index (χ0n) is 13.8. The topological polar surface area (TPSA) is 35.5 Å². The van der Waals surface area contributed by atoms with Gasteiger partial charge in [0.1, 0.15) is 5.75 Å². The minimum atomic E-state index is -3.18. The molecule has 0 heterocycles. The van der Waals surface area contributed by atoms with Crippen LogP contribution in [0.25, 0.3) is 0 Å². The fraction of sp³-hybridized carbons (Fsp3) is 0.333. The standard InChI is InChI=1S/C16H19O3P.C2H6/c1-3-18-20(17,13-15-7-5-4-6-8-15)19-16-11-9-14(2)10-12-16;1-2/h4-12H,3,13H2,1-2H3;1-2H3. The molecule has 2 aromatic carbocycles. The van der Waals surface area contributed by atoms with Gasteiger partial charge in [-0.15, -0.1) is 0 Å². The lowest BCUT2D eigenvalue weighted by molar-refractivity contribution is 0.278. The Morgan fingerprint density at radius 2 is 1.55 bits per heavy atom. The van der Waals surface area contributed by atoms with Crippen LogP contribution in [0.5, 0.6) is 5.75 Å². The first-order chi connectivity index (χ1) is 10.6. The van der Waals surface area contributed by atoms with Gasteiger partial charge in [-0.05, 0) is 31.5 Å². The molecule has 0 fully saturated rings. The average Bonchev–Trinajstić information content (AvgIpc) is 2.53. The maximum absolute atomic E-state index is 12.8. The number of rotatable bonds is 6. The number of hydrogen-bond donors (Lipinski definition) is 0. The Morgan fingerprint density at radius 1 is 0.955 bits per heavy atom. The van der Waals surface area contributed by atoms with Crippen molar-refractivity contribution in [2.24, 2.45) is 0 Å². The Bertz CT molecular complexity index is 579. The number of aryl methyl sites for hydroxylation is 1. The summed E-state index contributed by atoms with van der Waals surface area (Å²) in [5.41, 5.74) is 2.07. The van der Waals surface area contributed by atoms with Crippen LogP contribution in [0.4, 0.5) is 0 Å². The smallest absolute Gasteiger partial charge is 0.383 e. The van der Waals surface area contributed by atoms with Crippen LogP contribution in [0.1, 0.15) is 31.9 Å². The van der Waals surface area contributed by atoms with Crippen molar-refractivity contribution in [1.82, 2.24) is 0 Å². The van der Waals surface area contributed by atoms with E-state index < -0.39 is 7.60 Å². The van der Waals surface area contributed by atoms with Gasteiger partial charge in [0.25, 0.3) is 0 Å². The van der Waals surface area contributed by atoms with E-state index in [9.17, 15) is 4.57 Å². The van der Waals surface area contributed by atoms with E-state index in [1.54, 1.807) is 0 Å². The highest BCUT2D eigenvalue weighted by Crippen LogP contribution is 2.51. The van der Waals surface area contributed by atoms with E-state index >= 15 is 0 Å². The minimum Gasteiger partial charge on any atom is -0.424 e. The molecule has 1 atom stereocenters.